The average molecular weight is 273 g/mol. The Kier molecular flexibility index (Phi) is 2.54. The van der Waals surface area contributed by atoms with E-state index in [2.05, 4.69) is 20.9 Å². The summed E-state index contributed by atoms with van der Waals surface area (Å²) in [6.07, 6.45) is 1.42. The highest BCUT2D eigenvalue weighted by Crippen LogP contribution is 2.12. The molecule has 0 amide bonds. The summed E-state index contributed by atoms with van der Waals surface area (Å²) in [6, 6.07) is 2.62. The fourth-order valence-electron chi connectivity index (χ4n) is 1.26. The fourth-order valence-corrected chi connectivity index (χ4v) is 1.66. The van der Waals surface area contributed by atoms with Crippen molar-refractivity contribution in [1.29, 1.82) is 0 Å². The molecule has 0 aromatic carbocycles. The number of halogens is 2. The number of aliphatic hydroxyl groups excluding tert-OH is 1. The van der Waals surface area contributed by atoms with Crippen LogP contribution >= 0.6 is 15.9 Å². The first-order valence-electron chi connectivity index (χ1n) is 4.11. The van der Waals surface area contributed by atoms with Gasteiger partial charge in [-0.3, -0.25) is 9.20 Å². The zero-order valence-electron chi connectivity index (χ0n) is 7.44. The van der Waals surface area contributed by atoms with E-state index in [4.69, 9.17) is 5.11 Å². The Hall–Kier alpha value is -1.27. The van der Waals surface area contributed by atoms with Crippen LogP contribution in [0.5, 0.6) is 0 Å². The van der Waals surface area contributed by atoms with Gasteiger partial charge in [-0.05, 0) is 28.1 Å². The van der Waals surface area contributed by atoms with Crippen LogP contribution < -0.4 is 5.56 Å². The average Bonchev–Trinajstić information content (AvgIpc) is 2.24. The van der Waals surface area contributed by atoms with E-state index in [1.54, 1.807) is 0 Å². The maximum atomic E-state index is 13.3. The molecule has 2 aromatic heterocycles. The number of hydrogen-bond acceptors (Lipinski definition) is 3. The Balaban J connectivity index is 2.98. The standard InChI is InChI=1S/C9H6BrFN2O2/c10-7-6(4-14)12-8-5(11)2-1-3-13(8)9(7)15/h1-3,14H,4H2. The number of hydrogen-bond donors (Lipinski definition) is 1. The van der Waals surface area contributed by atoms with E-state index in [1.807, 2.05) is 0 Å². The van der Waals surface area contributed by atoms with Gasteiger partial charge >= 0.3 is 0 Å². The molecule has 0 radical (unpaired) electrons. The molecule has 0 aliphatic heterocycles. The summed E-state index contributed by atoms with van der Waals surface area (Å²) < 4.78 is 14.5. The van der Waals surface area contributed by atoms with E-state index in [0.29, 0.717) is 0 Å². The number of aromatic nitrogens is 2. The van der Waals surface area contributed by atoms with Crippen LogP contribution in [0.25, 0.3) is 5.65 Å². The number of pyridine rings is 1. The molecule has 0 unspecified atom stereocenters. The van der Waals surface area contributed by atoms with Crippen molar-refractivity contribution in [2.24, 2.45) is 0 Å². The van der Waals surface area contributed by atoms with E-state index >= 15 is 0 Å². The second-order valence-corrected chi connectivity index (χ2v) is 3.68. The van der Waals surface area contributed by atoms with Gasteiger partial charge in [0.25, 0.3) is 5.56 Å². The topological polar surface area (TPSA) is 54.6 Å². The Morgan fingerprint density at radius 1 is 1.60 bits per heavy atom. The molecule has 2 rings (SSSR count). The maximum absolute atomic E-state index is 13.3. The van der Waals surface area contributed by atoms with Crippen LogP contribution in [0.3, 0.4) is 0 Å². The highest BCUT2D eigenvalue weighted by molar-refractivity contribution is 9.10. The minimum atomic E-state index is -0.600. The quantitative estimate of drug-likeness (QED) is 0.846. The van der Waals surface area contributed by atoms with Gasteiger partial charge in [-0.25, -0.2) is 9.37 Å². The number of aliphatic hydroxyl groups is 1. The third kappa shape index (κ3) is 1.55. The van der Waals surface area contributed by atoms with Gasteiger partial charge in [0, 0.05) is 6.20 Å². The van der Waals surface area contributed by atoms with E-state index in [0.717, 1.165) is 4.40 Å². The predicted octanol–water partition coefficient (Wildman–Crippen LogP) is 1.09. The van der Waals surface area contributed by atoms with Gasteiger partial charge in [0.2, 0.25) is 0 Å². The molecule has 78 valence electrons. The summed E-state index contributed by atoms with van der Waals surface area (Å²) >= 11 is 3.01. The van der Waals surface area contributed by atoms with Crippen LogP contribution in [0.4, 0.5) is 4.39 Å². The first-order chi connectivity index (χ1) is 7.15. The molecule has 0 aliphatic rings. The minimum Gasteiger partial charge on any atom is -0.390 e. The molecular weight excluding hydrogens is 267 g/mol. The van der Waals surface area contributed by atoms with Crippen LogP contribution in [-0.2, 0) is 6.61 Å². The van der Waals surface area contributed by atoms with Crippen molar-refractivity contribution in [3.63, 3.8) is 0 Å². The summed E-state index contributed by atoms with van der Waals surface area (Å²) in [4.78, 5) is 15.5. The molecule has 1 N–H and O–H groups in total. The van der Waals surface area contributed by atoms with Gasteiger partial charge in [0.15, 0.2) is 11.5 Å². The van der Waals surface area contributed by atoms with E-state index in [1.165, 1.54) is 18.3 Å². The zero-order valence-corrected chi connectivity index (χ0v) is 9.03. The number of nitrogens with zero attached hydrogens (tertiary/aromatic N) is 2. The first kappa shape index (κ1) is 10.3. The van der Waals surface area contributed by atoms with Crippen LogP contribution in [0.2, 0.25) is 0 Å². The van der Waals surface area contributed by atoms with Gasteiger partial charge in [0.1, 0.15) is 4.47 Å². The lowest BCUT2D eigenvalue weighted by Crippen LogP contribution is -2.18. The fraction of sp³-hybridized carbons (Fsp3) is 0.111. The van der Waals surface area contributed by atoms with Gasteiger partial charge in [-0.2, -0.15) is 0 Å². The van der Waals surface area contributed by atoms with Gasteiger partial charge < -0.3 is 5.11 Å². The lowest BCUT2D eigenvalue weighted by Gasteiger charge is -2.04. The van der Waals surface area contributed by atoms with Crippen LogP contribution in [0, 0.1) is 5.82 Å². The van der Waals surface area contributed by atoms with Gasteiger partial charge in [0.05, 0.1) is 12.3 Å². The van der Waals surface area contributed by atoms with Crippen molar-refractivity contribution < 1.29 is 9.50 Å². The summed E-state index contributed by atoms with van der Waals surface area (Å²) in [6.45, 7) is -0.416. The van der Waals surface area contributed by atoms with E-state index < -0.39 is 18.0 Å². The Morgan fingerprint density at radius 2 is 2.33 bits per heavy atom. The smallest absolute Gasteiger partial charge is 0.272 e. The molecular formula is C9H6BrFN2O2. The van der Waals surface area contributed by atoms with Gasteiger partial charge in [-0.15, -0.1) is 0 Å². The first-order valence-corrected chi connectivity index (χ1v) is 4.90. The summed E-state index contributed by atoms with van der Waals surface area (Å²) in [5.41, 5.74) is -0.400. The van der Waals surface area contributed by atoms with Crippen LogP contribution in [-0.4, -0.2) is 14.5 Å². The third-order valence-corrected chi connectivity index (χ3v) is 2.77. The Bertz CT molecular complexity index is 582. The summed E-state index contributed by atoms with van der Waals surface area (Å²) in [5, 5.41) is 8.93. The Morgan fingerprint density at radius 3 is 3.00 bits per heavy atom. The normalized spacial score (nSPS) is 10.9. The monoisotopic (exact) mass is 272 g/mol. The molecule has 0 saturated heterocycles. The van der Waals surface area contributed by atoms with E-state index in [-0.39, 0.29) is 15.8 Å². The highest BCUT2D eigenvalue weighted by Gasteiger charge is 2.11. The highest BCUT2D eigenvalue weighted by atomic mass is 79.9. The second-order valence-electron chi connectivity index (χ2n) is 2.89. The molecule has 4 nitrogen and oxygen atoms in total. The molecule has 2 aromatic rings. The number of fused-ring (bicyclic) bond motifs is 1. The van der Waals surface area contributed by atoms with Crippen molar-refractivity contribution in [3.8, 4) is 0 Å². The molecule has 15 heavy (non-hydrogen) atoms. The zero-order chi connectivity index (χ0) is 11.0. The molecule has 0 spiro atoms. The van der Waals surface area contributed by atoms with E-state index in [9.17, 15) is 9.18 Å². The molecule has 0 bridgehead atoms. The lowest BCUT2D eigenvalue weighted by atomic mass is 10.4. The molecule has 0 aliphatic carbocycles. The molecule has 0 atom stereocenters. The lowest BCUT2D eigenvalue weighted by molar-refractivity contribution is 0.276. The van der Waals surface area contributed by atoms with Crippen molar-refractivity contribution in [3.05, 3.63) is 44.7 Å². The summed E-state index contributed by atoms with van der Waals surface area (Å²) in [7, 11) is 0. The second kappa shape index (κ2) is 3.71. The van der Waals surface area contributed by atoms with Crippen LogP contribution in [0.15, 0.2) is 27.6 Å². The van der Waals surface area contributed by atoms with Crippen molar-refractivity contribution >= 4 is 21.6 Å². The molecule has 6 heteroatoms. The van der Waals surface area contributed by atoms with Crippen LogP contribution in [0.1, 0.15) is 5.69 Å². The van der Waals surface area contributed by atoms with Crippen molar-refractivity contribution in [2.45, 2.75) is 6.61 Å². The van der Waals surface area contributed by atoms with Gasteiger partial charge in [-0.1, -0.05) is 0 Å². The third-order valence-electron chi connectivity index (χ3n) is 1.97. The predicted molar refractivity (Wildman–Crippen MR) is 55.0 cm³/mol. The molecule has 2 heterocycles. The van der Waals surface area contributed by atoms with Crippen molar-refractivity contribution in [1.82, 2.24) is 9.38 Å². The number of rotatable bonds is 1. The molecule has 0 fully saturated rings. The largest absolute Gasteiger partial charge is 0.390 e. The van der Waals surface area contributed by atoms with Crippen molar-refractivity contribution in [2.75, 3.05) is 0 Å². The maximum Gasteiger partial charge on any atom is 0.272 e. The SMILES string of the molecule is O=c1c(Br)c(CO)nc2c(F)cccn12. The Labute approximate surface area is 92.1 Å². The minimum absolute atomic E-state index is 0.0882. The summed E-state index contributed by atoms with van der Waals surface area (Å²) in [5.74, 6) is -0.600. The molecule has 0 saturated carbocycles.